The van der Waals surface area contributed by atoms with Gasteiger partial charge in [0.15, 0.2) is 6.10 Å². The number of hydrogen-bond acceptors (Lipinski definition) is 6. The maximum absolute atomic E-state index is 12.8. The molecule has 0 saturated heterocycles. The van der Waals surface area contributed by atoms with Crippen molar-refractivity contribution in [1.82, 2.24) is 0 Å². The highest BCUT2D eigenvalue weighted by Crippen LogP contribution is 2.18. The molecule has 0 rings (SSSR count). The Balaban J connectivity index is 3.94. The van der Waals surface area contributed by atoms with E-state index in [9.17, 15) is 14.4 Å². The largest absolute Gasteiger partial charge is 0.462 e. The lowest BCUT2D eigenvalue weighted by Crippen LogP contribution is -2.30. The van der Waals surface area contributed by atoms with Crippen molar-refractivity contribution in [2.24, 2.45) is 0 Å². The molecule has 1 atom stereocenters. The molecule has 0 radical (unpaired) electrons. The smallest absolute Gasteiger partial charge is 0.306 e. The van der Waals surface area contributed by atoms with Crippen molar-refractivity contribution in [2.45, 2.75) is 386 Å². The summed E-state index contributed by atoms with van der Waals surface area (Å²) in [5, 5.41) is 0. The summed E-state index contributed by atoms with van der Waals surface area (Å²) in [6.07, 6.45) is 82.3. The Labute approximate surface area is 480 Å². The first-order chi connectivity index (χ1) is 38.0. The van der Waals surface area contributed by atoms with Crippen molar-refractivity contribution in [3.63, 3.8) is 0 Å². The quantitative estimate of drug-likeness (QED) is 0.0261. The summed E-state index contributed by atoms with van der Waals surface area (Å²) >= 11 is 0. The van der Waals surface area contributed by atoms with E-state index in [0.717, 1.165) is 70.6 Å². The number of allylic oxidation sites excluding steroid dienone is 6. The maximum atomic E-state index is 12.8. The van der Waals surface area contributed by atoms with E-state index < -0.39 is 6.10 Å². The predicted molar refractivity (Wildman–Crippen MR) is 335 cm³/mol. The minimum atomic E-state index is -0.767. The molecule has 1 unspecified atom stereocenters. The molecule has 0 aromatic heterocycles. The molecule has 0 aliphatic rings. The van der Waals surface area contributed by atoms with E-state index in [0.29, 0.717) is 19.3 Å². The maximum Gasteiger partial charge on any atom is 0.306 e. The fraction of sp³-hybridized carbons (Fsp3) is 0.873. The van der Waals surface area contributed by atoms with E-state index in [-0.39, 0.29) is 31.1 Å². The van der Waals surface area contributed by atoms with Gasteiger partial charge in [-0.2, -0.15) is 0 Å². The Morgan fingerprint density at radius 1 is 0.260 bits per heavy atom. The molecule has 0 fully saturated rings. The number of ether oxygens (including phenoxy) is 3. The van der Waals surface area contributed by atoms with Crippen LogP contribution in [0.1, 0.15) is 380 Å². The van der Waals surface area contributed by atoms with Gasteiger partial charge in [0.05, 0.1) is 0 Å². The monoisotopic (exact) mass is 1080 g/mol. The molecule has 0 aliphatic heterocycles. The van der Waals surface area contributed by atoms with E-state index in [4.69, 9.17) is 14.2 Å². The van der Waals surface area contributed by atoms with Gasteiger partial charge in [0.25, 0.3) is 0 Å². The lowest BCUT2D eigenvalue weighted by atomic mass is 10.0. The number of unbranched alkanes of at least 4 members (excludes halogenated alkanes) is 47. The molecule has 0 aromatic rings. The predicted octanol–water partition coefficient (Wildman–Crippen LogP) is 23.6. The van der Waals surface area contributed by atoms with Crippen molar-refractivity contribution in [3.05, 3.63) is 36.5 Å². The van der Waals surface area contributed by atoms with Gasteiger partial charge in [-0.1, -0.05) is 320 Å². The summed E-state index contributed by atoms with van der Waals surface area (Å²) in [6.45, 7) is 6.61. The lowest BCUT2D eigenvalue weighted by Gasteiger charge is -2.18. The van der Waals surface area contributed by atoms with Crippen LogP contribution in [0.15, 0.2) is 36.5 Å². The molecule has 0 bridgehead atoms. The summed E-state index contributed by atoms with van der Waals surface area (Å²) in [7, 11) is 0. The van der Waals surface area contributed by atoms with Gasteiger partial charge < -0.3 is 14.2 Å². The van der Waals surface area contributed by atoms with Gasteiger partial charge >= 0.3 is 17.9 Å². The number of carbonyl (C=O) groups is 3. The van der Waals surface area contributed by atoms with Crippen LogP contribution < -0.4 is 0 Å². The molecule has 6 heteroatoms. The summed E-state index contributed by atoms with van der Waals surface area (Å²) in [5.41, 5.74) is 0. The highest BCUT2D eigenvalue weighted by molar-refractivity contribution is 5.71. The Bertz CT molecular complexity index is 1290. The summed E-state index contributed by atoms with van der Waals surface area (Å²) in [6, 6.07) is 0. The normalized spacial score (nSPS) is 12.2. The fourth-order valence-corrected chi connectivity index (χ4v) is 10.4. The molecule has 0 N–H and O–H groups in total. The molecule has 6 nitrogen and oxygen atoms in total. The Morgan fingerprint density at radius 3 is 0.727 bits per heavy atom. The topological polar surface area (TPSA) is 78.9 Å². The second-order valence-corrected chi connectivity index (χ2v) is 23.4. The zero-order valence-electron chi connectivity index (χ0n) is 52.0. The van der Waals surface area contributed by atoms with E-state index >= 15 is 0 Å². The third-order valence-corrected chi connectivity index (χ3v) is 15.6. The van der Waals surface area contributed by atoms with Crippen LogP contribution in [0.2, 0.25) is 0 Å². The molecule has 0 saturated carbocycles. The van der Waals surface area contributed by atoms with E-state index in [1.807, 2.05) is 0 Å². The Kier molecular flexibility index (Phi) is 64.1. The van der Waals surface area contributed by atoms with Crippen LogP contribution in [0.5, 0.6) is 0 Å². The first kappa shape index (κ1) is 74.6. The molecular formula is C71H132O6. The number of esters is 3. The third kappa shape index (κ3) is 64.3. The second-order valence-electron chi connectivity index (χ2n) is 23.4. The number of carbonyl (C=O) groups excluding carboxylic acids is 3. The second kappa shape index (κ2) is 66.1. The SMILES string of the molecule is CCCCCCC/C=C\C/C=C\CCCCCCCCCCCCCCCCCCCC(=O)OCC(COC(=O)CCCCCCC)OC(=O)CCCCCCCCCCCCCCC/C=C\CCCCCCCCCC. The Morgan fingerprint density at radius 2 is 0.468 bits per heavy atom. The summed E-state index contributed by atoms with van der Waals surface area (Å²) < 4.78 is 16.8. The first-order valence-corrected chi connectivity index (χ1v) is 34.5. The molecule has 0 heterocycles. The summed E-state index contributed by atoms with van der Waals surface area (Å²) in [5.74, 6) is -0.858. The van der Waals surface area contributed by atoms with Gasteiger partial charge in [0.1, 0.15) is 13.2 Å². The molecular weight excluding hydrogens is 949 g/mol. The highest BCUT2D eigenvalue weighted by atomic mass is 16.6. The molecule has 0 aromatic carbocycles. The lowest BCUT2D eigenvalue weighted by molar-refractivity contribution is -0.167. The van der Waals surface area contributed by atoms with Gasteiger partial charge in [-0.3, -0.25) is 14.4 Å². The van der Waals surface area contributed by atoms with E-state index in [2.05, 4.69) is 57.2 Å². The van der Waals surface area contributed by atoms with Gasteiger partial charge in [-0.05, 0) is 77.0 Å². The van der Waals surface area contributed by atoms with Crippen molar-refractivity contribution in [3.8, 4) is 0 Å². The average Bonchev–Trinajstić information content (AvgIpc) is 3.43. The zero-order chi connectivity index (χ0) is 55.7. The molecule has 452 valence electrons. The van der Waals surface area contributed by atoms with Crippen molar-refractivity contribution < 1.29 is 28.6 Å². The van der Waals surface area contributed by atoms with Crippen LogP contribution in [0, 0.1) is 0 Å². The van der Waals surface area contributed by atoms with Gasteiger partial charge in [0.2, 0.25) is 0 Å². The summed E-state index contributed by atoms with van der Waals surface area (Å²) in [4.78, 5) is 38.0. The van der Waals surface area contributed by atoms with Crippen LogP contribution >= 0.6 is 0 Å². The zero-order valence-corrected chi connectivity index (χ0v) is 52.0. The molecule has 0 amide bonds. The standard InChI is InChI=1S/C71H132O6/c1-4-7-10-13-15-17-19-21-23-25-27-29-31-33-34-35-36-38-39-41-43-45-47-49-51-53-55-58-61-64-70(73)76-67-68(66-75-69(72)63-60-57-12-9-6-3)77-71(74)65-62-59-56-54-52-50-48-46-44-42-40-37-32-30-28-26-24-22-20-18-16-14-11-8-5-2/h19,21,25-28,68H,4-18,20,22-24,29-67H2,1-3H3/b21-19-,27-25-,28-26-. The van der Waals surface area contributed by atoms with E-state index in [1.165, 1.54) is 270 Å². The molecule has 0 aliphatic carbocycles. The van der Waals surface area contributed by atoms with Crippen LogP contribution in [0.25, 0.3) is 0 Å². The average molecular weight is 1080 g/mol. The van der Waals surface area contributed by atoms with Crippen molar-refractivity contribution in [2.75, 3.05) is 13.2 Å². The first-order valence-electron chi connectivity index (χ1n) is 34.5. The minimum Gasteiger partial charge on any atom is -0.462 e. The Hall–Kier alpha value is -2.37. The van der Waals surface area contributed by atoms with Crippen molar-refractivity contribution in [1.29, 1.82) is 0 Å². The minimum absolute atomic E-state index is 0.0677. The van der Waals surface area contributed by atoms with Crippen LogP contribution in [-0.4, -0.2) is 37.2 Å². The number of rotatable bonds is 64. The number of hydrogen-bond donors (Lipinski definition) is 0. The fourth-order valence-electron chi connectivity index (χ4n) is 10.4. The third-order valence-electron chi connectivity index (χ3n) is 15.6. The van der Waals surface area contributed by atoms with Gasteiger partial charge in [0, 0.05) is 19.3 Å². The van der Waals surface area contributed by atoms with Crippen LogP contribution in [0.4, 0.5) is 0 Å². The van der Waals surface area contributed by atoms with E-state index in [1.54, 1.807) is 0 Å². The van der Waals surface area contributed by atoms with Gasteiger partial charge in [-0.25, -0.2) is 0 Å². The molecule has 77 heavy (non-hydrogen) atoms. The molecule has 0 spiro atoms. The highest BCUT2D eigenvalue weighted by Gasteiger charge is 2.19. The van der Waals surface area contributed by atoms with Crippen LogP contribution in [-0.2, 0) is 28.6 Å². The van der Waals surface area contributed by atoms with Crippen molar-refractivity contribution >= 4 is 17.9 Å². The van der Waals surface area contributed by atoms with Gasteiger partial charge in [-0.15, -0.1) is 0 Å². The van der Waals surface area contributed by atoms with Crippen LogP contribution in [0.3, 0.4) is 0 Å².